The van der Waals surface area contributed by atoms with E-state index in [-0.39, 0.29) is 22.8 Å². The van der Waals surface area contributed by atoms with Gasteiger partial charge in [0.2, 0.25) is 11.8 Å². The van der Waals surface area contributed by atoms with Crippen LogP contribution in [0.3, 0.4) is 0 Å². The second-order valence-electron chi connectivity index (χ2n) is 5.51. The Labute approximate surface area is 150 Å². The fraction of sp³-hybridized carbons (Fsp3) is 0.222. The molecule has 124 valence electrons. The molecule has 1 atom stereocenters. The van der Waals surface area contributed by atoms with E-state index in [2.05, 4.69) is 10.6 Å². The average Bonchev–Trinajstić information content (AvgIpc) is 2.73. The van der Waals surface area contributed by atoms with Gasteiger partial charge in [0.15, 0.2) is 0 Å². The quantitative estimate of drug-likeness (QED) is 0.867. The van der Waals surface area contributed by atoms with Crippen LogP contribution in [0.2, 0.25) is 5.02 Å². The molecule has 0 saturated heterocycles. The van der Waals surface area contributed by atoms with E-state index in [9.17, 15) is 9.59 Å². The number of benzene rings is 2. The van der Waals surface area contributed by atoms with E-state index in [1.54, 1.807) is 18.2 Å². The zero-order valence-electron chi connectivity index (χ0n) is 12.9. The number of halogens is 1. The molecule has 3 rings (SSSR count). The van der Waals surface area contributed by atoms with Gasteiger partial charge in [-0.3, -0.25) is 9.59 Å². The van der Waals surface area contributed by atoms with Crippen LogP contribution in [0.4, 0.5) is 11.4 Å². The Kier molecular flexibility index (Phi) is 5.43. The molecule has 1 aliphatic heterocycles. The molecule has 0 aromatic heterocycles. The number of anilines is 2. The summed E-state index contributed by atoms with van der Waals surface area (Å²) in [5.74, 6) is -0.00205. The summed E-state index contributed by atoms with van der Waals surface area (Å²) in [6.07, 6.45) is 1.53. The summed E-state index contributed by atoms with van der Waals surface area (Å²) in [6.45, 7) is 0. The second kappa shape index (κ2) is 7.73. The Bertz CT molecular complexity index is 766. The number of nitrogens with one attached hydrogen (secondary N) is 2. The molecular weight excluding hydrogens is 344 g/mol. The summed E-state index contributed by atoms with van der Waals surface area (Å²) in [4.78, 5) is 24.4. The number of hydrogen-bond donors (Lipinski definition) is 2. The van der Waals surface area contributed by atoms with Crippen LogP contribution in [0.1, 0.15) is 12.0 Å². The van der Waals surface area contributed by atoms with Gasteiger partial charge in [0.1, 0.15) is 0 Å². The summed E-state index contributed by atoms with van der Waals surface area (Å²) in [5, 5.41) is 5.97. The van der Waals surface area contributed by atoms with Crippen LogP contribution in [0.5, 0.6) is 0 Å². The van der Waals surface area contributed by atoms with Crippen LogP contribution in [-0.2, 0) is 16.0 Å². The van der Waals surface area contributed by atoms with E-state index in [4.69, 9.17) is 11.6 Å². The van der Waals surface area contributed by atoms with Crippen molar-refractivity contribution in [2.45, 2.75) is 18.1 Å². The maximum absolute atomic E-state index is 12.3. The summed E-state index contributed by atoms with van der Waals surface area (Å²) in [7, 11) is 0. The van der Waals surface area contributed by atoms with E-state index < -0.39 is 0 Å². The number of carbonyl (C=O) groups excluding carboxylic acids is 2. The third-order valence-electron chi connectivity index (χ3n) is 3.81. The standard InChI is InChI=1S/C18H17ClN2O2S/c19-13-6-2-4-8-15(13)20-17(22)11-24-16-10-9-12-5-1-3-7-14(12)21-18(16)23/h1-8,16H,9-11H2,(H,20,22)(H,21,23)/t16-/m0/s1. The molecule has 0 radical (unpaired) electrons. The van der Waals surface area contributed by atoms with E-state index in [1.165, 1.54) is 11.8 Å². The number of fused-ring (bicyclic) bond motifs is 1. The minimum atomic E-state index is -0.241. The zero-order chi connectivity index (χ0) is 16.9. The van der Waals surface area contributed by atoms with Gasteiger partial charge in [-0.05, 0) is 36.6 Å². The maximum atomic E-state index is 12.3. The van der Waals surface area contributed by atoms with Gasteiger partial charge in [0.05, 0.1) is 21.7 Å². The molecule has 2 aromatic carbocycles. The Balaban J connectivity index is 1.56. The molecule has 1 aliphatic rings. The predicted octanol–water partition coefficient (Wildman–Crippen LogP) is 3.97. The third kappa shape index (κ3) is 4.10. The van der Waals surface area contributed by atoms with Crippen LogP contribution in [-0.4, -0.2) is 22.8 Å². The number of hydrogen-bond acceptors (Lipinski definition) is 3. The molecule has 6 heteroatoms. The van der Waals surface area contributed by atoms with Gasteiger partial charge in [0, 0.05) is 5.69 Å². The van der Waals surface area contributed by atoms with Gasteiger partial charge in [0.25, 0.3) is 0 Å². The van der Waals surface area contributed by atoms with Crippen molar-refractivity contribution in [3.63, 3.8) is 0 Å². The first-order valence-corrected chi connectivity index (χ1v) is 9.11. The van der Waals surface area contributed by atoms with Gasteiger partial charge in [-0.1, -0.05) is 41.9 Å². The molecule has 2 aromatic rings. The highest BCUT2D eigenvalue weighted by Crippen LogP contribution is 2.27. The van der Waals surface area contributed by atoms with Crippen LogP contribution in [0, 0.1) is 0 Å². The summed E-state index contributed by atoms with van der Waals surface area (Å²) < 4.78 is 0. The molecule has 0 aliphatic carbocycles. The first-order chi connectivity index (χ1) is 11.6. The second-order valence-corrected chi connectivity index (χ2v) is 7.11. The number of amides is 2. The Morgan fingerprint density at radius 2 is 1.96 bits per heavy atom. The van der Waals surface area contributed by atoms with Gasteiger partial charge in [-0.25, -0.2) is 0 Å². The molecule has 2 amide bonds. The largest absolute Gasteiger partial charge is 0.325 e. The van der Waals surface area contributed by atoms with Crippen LogP contribution in [0.15, 0.2) is 48.5 Å². The lowest BCUT2D eigenvalue weighted by Crippen LogP contribution is -2.26. The molecule has 24 heavy (non-hydrogen) atoms. The minimum Gasteiger partial charge on any atom is -0.325 e. The first kappa shape index (κ1) is 16.9. The van der Waals surface area contributed by atoms with Gasteiger partial charge < -0.3 is 10.6 Å². The smallest absolute Gasteiger partial charge is 0.237 e. The number of rotatable bonds is 4. The highest BCUT2D eigenvalue weighted by molar-refractivity contribution is 8.01. The highest BCUT2D eigenvalue weighted by Gasteiger charge is 2.24. The zero-order valence-corrected chi connectivity index (χ0v) is 14.5. The average molecular weight is 361 g/mol. The third-order valence-corrected chi connectivity index (χ3v) is 5.42. The molecule has 0 unspecified atom stereocenters. The lowest BCUT2D eigenvalue weighted by atomic mass is 10.1. The van der Waals surface area contributed by atoms with Gasteiger partial charge >= 0.3 is 0 Å². The molecule has 0 saturated carbocycles. The van der Waals surface area contributed by atoms with E-state index in [0.717, 1.165) is 17.7 Å². The number of thioether (sulfide) groups is 1. The molecular formula is C18H17ClN2O2S. The minimum absolute atomic E-state index is 0.0458. The first-order valence-electron chi connectivity index (χ1n) is 7.68. The topological polar surface area (TPSA) is 58.2 Å². The Morgan fingerprint density at radius 1 is 1.21 bits per heavy atom. The SMILES string of the molecule is O=C(CS[C@H]1CCc2ccccc2NC1=O)Nc1ccccc1Cl. The molecule has 0 bridgehead atoms. The lowest BCUT2D eigenvalue weighted by Gasteiger charge is -2.13. The van der Waals surface area contributed by atoms with Crippen molar-refractivity contribution >= 4 is 46.6 Å². The normalized spacial score (nSPS) is 16.7. The summed E-state index contributed by atoms with van der Waals surface area (Å²) in [6, 6.07) is 14.9. The Morgan fingerprint density at radius 3 is 2.79 bits per heavy atom. The van der Waals surface area contributed by atoms with Crippen LogP contribution < -0.4 is 10.6 Å². The summed E-state index contributed by atoms with van der Waals surface area (Å²) in [5.41, 5.74) is 2.59. The van der Waals surface area contributed by atoms with Crippen molar-refractivity contribution < 1.29 is 9.59 Å². The van der Waals surface area contributed by atoms with Crippen molar-refractivity contribution in [2.24, 2.45) is 0 Å². The fourth-order valence-electron chi connectivity index (χ4n) is 2.58. The monoisotopic (exact) mass is 360 g/mol. The van der Waals surface area contributed by atoms with Crippen molar-refractivity contribution in [3.05, 3.63) is 59.1 Å². The predicted molar refractivity (Wildman–Crippen MR) is 99.7 cm³/mol. The van der Waals surface area contributed by atoms with Crippen molar-refractivity contribution in [2.75, 3.05) is 16.4 Å². The Hall–Kier alpha value is -1.98. The molecule has 1 heterocycles. The summed E-state index contributed by atoms with van der Waals surface area (Å²) >= 11 is 7.38. The number of carbonyl (C=O) groups is 2. The van der Waals surface area contributed by atoms with E-state index >= 15 is 0 Å². The maximum Gasteiger partial charge on any atom is 0.237 e. The molecule has 2 N–H and O–H groups in total. The number of para-hydroxylation sites is 2. The van der Waals surface area contributed by atoms with Crippen molar-refractivity contribution in [1.29, 1.82) is 0 Å². The van der Waals surface area contributed by atoms with Crippen LogP contribution >= 0.6 is 23.4 Å². The highest BCUT2D eigenvalue weighted by atomic mass is 35.5. The van der Waals surface area contributed by atoms with E-state index in [0.29, 0.717) is 17.1 Å². The van der Waals surface area contributed by atoms with Crippen molar-refractivity contribution in [3.8, 4) is 0 Å². The van der Waals surface area contributed by atoms with Gasteiger partial charge in [-0.2, -0.15) is 0 Å². The number of aryl methyl sites for hydroxylation is 1. The fourth-order valence-corrected chi connectivity index (χ4v) is 3.68. The van der Waals surface area contributed by atoms with Crippen molar-refractivity contribution in [1.82, 2.24) is 0 Å². The van der Waals surface area contributed by atoms with Crippen LogP contribution in [0.25, 0.3) is 0 Å². The lowest BCUT2D eigenvalue weighted by molar-refractivity contribution is -0.115. The van der Waals surface area contributed by atoms with Gasteiger partial charge in [-0.15, -0.1) is 11.8 Å². The molecule has 0 fully saturated rings. The molecule has 4 nitrogen and oxygen atoms in total. The van der Waals surface area contributed by atoms with E-state index in [1.807, 2.05) is 30.3 Å². The molecule has 0 spiro atoms.